The predicted molar refractivity (Wildman–Crippen MR) is 136 cm³/mol. The molecule has 2 aliphatic rings. The van der Waals surface area contributed by atoms with Gasteiger partial charge in [-0.1, -0.05) is 13.3 Å². The third-order valence-electron chi connectivity index (χ3n) is 6.50. The summed E-state index contributed by atoms with van der Waals surface area (Å²) in [5, 5.41) is 0. The molecule has 2 saturated heterocycles. The molecule has 10 heteroatoms. The van der Waals surface area contributed by atoms with Crippen LogP contribution >= 0.6 is 11.8 Å². The number of methoxy groups -OCH3 is 1. The Morgan fingerprint density at radius 1 is 1.12 bits per heavy atom. The van der Waals surface area contributed by atoms with E-state index in [1.807, 2.05) is 4.90 Å². The van der Waals surface area contributed by atoms with Crippen molar-refractivity contribution in [3.05, 3.63) is 23.3 Å². The van der Waals surface area contributed by atoms with Gasteiger partial charge < -0.3 is 14.4 Å². The van der Waals surface area contributed by atoms with Crippen molar-refractivity contribution in [2.24, 2.45) is 0 Å². The Kier molecular flexibility index (Phi) is 10.1. The Morgan fingerprint density at radius 2 is 1.79 bits per heavy atom. The summed E-state index contributed by atoms with van der Waals surface area (Å²) < 4.78 is 39.9. The molecule has 1 aromatic carbocycles. The molecule has 0 bridgehead atoms. The van der Waals surface area contributed by atoms with Crippen molar-refractivity contribution >= 4 is 27.7 Å². The maximum absolute atomic E-state index is 13.6. The number of piperazine rings is 1. The van der Waals surface area contributed by atoms with E-state index in [9.17, 15) is 13.2 Å². The summed E-state index contributed by atoms with van der Waals surface area (Å²) in [5.41, 5.74) is 1.34. The second-order valence-electron chi connectivity index (χ2n) is 9.03. The molecule has 2 heterocycles. The molecule has 8 nitrogen and oxygen atoms in total. The van der Waals surface area contributed by atoms with E-state index in [2.05, 4.69) is 11.8 Å². The maximum Gasteiger partial charge on any atom is 0.248 e. The zero-order chi connectivity index (χ0) is 24.7. The van der Waals surface area contributed by atoms with Gasteiger partial charge in [0.25, 0.3) is 0 Å². The topological polar surface area (TPSA) is 79.4 Å². The second kappa shape index (κ2) is 12.6. The van der Waals surface area contributed by atoms with Gasteiger partial charge in [-0.3, -0.25) is 9.69 Å². The van der Waals surface area contributed by atoms with E-state index in [0.717, 1.165) is 38.5 Å². The molecule has 0 spiro atoms. The summed E-state index contributed by atoms with van der Waals surface area (Å²) in [5.74, 6) is 2.02. The van der Waals surface area contributed by atoms with Crippen molar-refractivity contribution in [2.75, 3.05) is 71.1 Å². The smallest absolute Gasteiger partial charge is 0.248 e. The minimum absolute atomic E-state index is 0.00932. The van der Waals surface area contributed by atoms with Gasteiger partial charge in [-0.25, -0.2) is 8.42 Å². The number of nitrogens with zero attached hydrogens (tertiary/aromatic N) is 3. The van der Waals surface area contributed by atoms with E-state index in [1.165, 1.54) is 12.8 Å². The van der Waals surface area contributed by atoms with Crippen molar-refractivity contribution in [3.8, 4) is 5.75 Å². The number of aryl methyl sites for hydroxylation is 2. The molecule has 0 N–H and O–H groups in total. The number of ether oxygens (including phenoxy) is 2. The molecule has 192 valence electrons. The quantitative estimate of drug-likeness (QED) is 0.475. The first-order valence-electron chi connectivity index (χ1n) is 12.1. The Labute approximate surface area is 209 Å². The number of carbonyl (C=O) groups excluding carboxylic acids is 1. The molecule has 3 rings (SSSR count). The van der Waals surface area contributed by atoms with Gasteiger partial charge in [0.15, 0.2) is 0 Å². The molecular weight excluding hydrogens is 474 g/mol. The minimum Gasteiger partial charge on any atom is -0.497 e. The zero-order valence-corrected chi connectivity index (χ0v) is 22.5. The third-order valence-corrected chi connectivity index (χ3v) is 9.85. The summed E-state index contributed by atoms with van der Waals surface area (Å²) in [6.45, 7) is 10.8. The highest BCUT2D eigenvalue weighted by Crippen LogP contribution is 2.31. The highest BCUT2D eigenvalue weighted by atomic mass is 32.2. The number of sulfonamides is 1. The largest absolute Gasteiger partial charge is 0.497 e. The third kappa shape index (κ3) is 6.66. The van der Waals surface area contributed by atoms with Crippen LogP contribution in [0.2, 0.25) is 0 Å². The van der Waals surface area contributed by atoms with Crippen LogP contribution in [0.4, 0.5) is 0 Å². The lowest BCUT2D eigenvalue weighted by Crippen LogP contribution is -2.51. The summed E-state index contributed by atoms with van der Waals surface area (Å²) in [6.07, 6.45) is 2.36. The van der Waals surface area contributed by atoms with Crippen molar-refractivity contribution < 1.29 is 22.7 Å². The number of unbranched alkanes of at least 4 members (excludes halogenated alkanes) is 1. The Hall–Kier alpha value is -1.33. The average molecular weight is 514 g/mol. The second-order valence-corrected chi connectivity index (χ2v) is 12.0. The number of benzene rings is 1. The molecule has 2 fully saturated rings. The number of carbonyl (C=O) groups is 1. The molecule has 0 aromatic heterocycles. The first kappa shape index (κ1) is 27.3. The van der Waals surface area contributed by atoms with Crippen molar-refractivity contribution in [3.63, 3.8) is 0 Å². The lowest BCUT2D eigenvalue weighted by atomic mass is 10.1. The number of amides is 1. The van der Waals surface area contributed by atoms with Gasteiger partial charge in [-0.15, -0.1) is 0 Å². The molecule has 1 aromatic rings. The molecule has 0 saturated carbocycles. The fourth-order valence-electron chi connectivity index (χ4n) is 4.62. The highest BCUT2D eigenvalue weighted by Gasteiger charge is 2.36. The van der Waals surface area contributed by atoms with Gasteiger partial charge in [0.05, 0.1) is 24.7 Å². The lowest BCUT2D eigenvalue weighted by Gasteiger charge is -2.36. The van der Waals surface area contributed by atoms with Crippen LogP contribution in [0, 0.1) is 13.8 Å². The zero-order valence-electron chi connectivity index (χ0n) is 20.9. The Bertz CT molecular complexity index is 910. The van der Waals surface area contributed by atoms with E-state index >= 15 is 0 Å². The van der Waals surface area contributed by atoms with E-state index in [-0.39, 0.29) is 25.2 Å². The number of thioether (sulfide) groups is 1. The summed E-state index contributed by atoms with van der Waals surface area (Å²) in [6, 6.07) is 3.21. The monoisotopic (exact) mass is 513 g/mol. The van der Waals surface area contributed by atoms with Crippen LogP contribution in [0.5, 0.6) is 5.75 Å². The van der Waals surface area contributed by atoms with Crippen LogP contribution in [0.1, 0.15) is 30.9 Å². The predicted octanol–water partition coefficient (Wildman–Crippen LogP) is 2.38. The van der Waals surface area contributed by atoms with Gasteiger partial charge in [0.2, 0.25) is 15.9 Å². The Balaban J connectivity index is 1.58. The molecule has 1 amide bonds. The van der Waals surface area contributed by atoms with Crippen molar-refractivity contribution in [2.45, 2.75) is 44.6 Å². The summed E-state index contributed by atoms with van der Waals surface area (Å²) in [4.78, 5) is 17.2. The van der Waals surface area contributed by atoms with Crippen LogP contribution in [0.25, 0.3) is 0 Å². The first-order valence-corrected chi connectivity index (χ1v) is 14.7. The number of rotatable bonds is 10. The van der Waals surface area contributed by atoms with Crippen LogP contribution in [-0.2, 0) is 19.6 Å². The lowest BCUT2D eigenvalue weighted by molar-refractivity contribution is -0.138. The molecule has 0 radical (unpaired) electrons. The van der Waals surface area contributed by atoms with Crippen LogP contribution < -0.4 is 4.74 Å². The normalized spacial score (nSPS) is 20.5. The maximum atomic E-state index is 13.6. The van der Waals surface area contributed by atoms with Gasteiger partial charge in [-0.2, -0.15) is 16.1 Å². The summed E-state index contributed by atoms with van der Waals surface area (Å²) >= 11 is 1.72. The molecule has 1 unspecified atom stereocenters. The number of hydrogen-bond donors (Lipinski definition) is 0. The van der Waals surface area contributed by atoms with Gasteiger partial charge in [0.1, 0.15) is 12.4 Å². The molecule has 0 aliphatic carbocycles. The van der Waals surface area contributed by atoms with Crippen molar-refractivity contribution in [1.29, 1.82) is 0 Å². The minimum atomic E-state index is -3.70. The van der Waals surface area contributed by atoms with Crippen LogP contribution in [0.3, 0.4) is 0 Å². The van der Waals surface area contributed by atoms with Gasteiger partial charge >= 0.3 is 0 Å². The molecule has 2 aliphatic heterocycles. The van der Waals surface area contributed by atoms with Gasteiger partial charge in [-0.05, 0) is 50.1 Å². The van der Waals surface area contributed by atoms with Crippen LogP contribution in [0.15, 0.2) is 17.0 Å². The Morgan fingerprint density at radius 3 is 2.41 bits per heavy atom. The van der Waals surface area contributed by atoms with Gasteiger partial charge in [0, 0.05) is 44.2 Å². The average Bonchev–Trinajstić information content (AvgIpc) is 2.82. The summed E-state index contributed by atoms with van der Waals surface area (Å²) in [7, 11) is -2.12. The van der Waals surface area contributed by atoms with E-state index in [1.54, 1.807) is 49.2 Å². The molecule has 1 atom stereocenters. The van der Waals surface area contributed by atoms with Crippen molar-refractivity contribution in [1.82, 2.24) is 14.1 Å². The molecular formula is C24H39N3O5S2. The van der Waals surface area contributed by atoms with Crippen LogP contribution in [-0.4, -0.2) is 106 Å². The fraction of sp³-hybridized carbons (Fsp3) is 0.708. The van der Waals surface area contributed by atoms with E-state index in [4.69, 9.17) is 9.47 Å². The standard InChI is InChI=1S/C24H39N3O5S2/c1-5-6-7-25-8-10-26(11-9-25)23(28)17-32-16-21-18-33-13-12-27(21)34(29,30)24-19(2)14-22(31-4)15-20(24)3/h14-15,21H,5-13,16-18H2,1-4H3. The first-order chi connectivity index (χ1) is 16.3. The van der Waals surface area contributed by atoms with E-state index in [0.29, 0.717) is 34.1 Å². The SMILES string of the molecule is CCCCN1CCN(C(=O)COCC2CSCCN2S(=O)(=O)c2c(C)cc(OC)cc2C)CC1. The highest BCUT2D eigenvalue weighted by molar-refractivity contribution is 7.99. The number of hydrogen-bond acceptors (Lipinski definition) is 7. The fourth-order valence-corrected chi connectivity index (χ4v) is 7.89. The van der Waals surface area contributed by atoms with E-state index < -0.39 is 10.0 Å². The molecule has 34 heavy (non-hydrogen) atoms.